The molecule has 0 saturated heterocycles. The van der Waals surface area contributed by atoms with Crippen LogP contribution in [-0.2, 0) is 0 Å². The zero-order valence-electron chi connectivity index (χ0n) is 10.6. The highest BCUT2D eigenvalue weighted by atomic mass is 16.3. The molecule has 1 aliphatic rings. The molecule has 16 heavy (non-hydrogen) atoms. The standard InChI is InChI=1S/C13H27NO2/c1-2-3-8-14(9-10-15)11-12-6-4-5-7-13(12)16/h12-13,15-16H,2-11H2,1H3. The Morgan fingerprint density at radius 2 is 1.94 bits per heavy atom. The molecule has 1 rings (SSSR count). The fourth-order valence-corrected chi connectivity index (χ4v) is 2.55. The summed E-state index contributed by atoms with van der Waals surface area (Å²) in [7, 11) is 0. The molecule has 0 radical (unpaired) electrons. The molecule has 3 heteroatoms. The van der Waals surface area contributed by atoms with Gasteiger partial charge in [0.05, 0.1) is 12.7 Å². The van der Waals surface area contributed by atoms with Crippen molar-refractivity contribution in [3.05, 3.63) is 0 Å². The van der Waals surface area contributed by atoms with Gasteiger partial charge >= 0.3 is 0 Å². The lowest BCUT2D eigenvalue weighted by atomic mass is 9.86. The molecule has 0 aromatic rings. The van der Waals surface area contributed by atoms with E-state index >= 15 is 0 Å². The lowest BCUT2D eigenvalue weighted by Crippen LogP contribution is -2.38. The molecule has 2 unspecified atom stereocenters. The van der Waals surface area contributed by atoms with Crippen molar-refractivity contribution >= 4 is 0 Å². The summed E-state index contributed by atoms with van der Waals surface area (Å²) in [5.74, 6) is 0.428. The third-order valence-corrected chi connectivity index (χ3v) is 3.61. The number of aliphatic hydroxyl groups is 2. The summed E-state index contributed by atoms with van der Waals surface area (Å²) in [6, 6.07) is 0. The third kappa shape index (κ3) is 4.81. The van der Waals surface area contributed by atoms with Crippen molar-refractivity contribution in [1.82, 2.24) is 4.90 Å². The second-order valence-corrected chi connectivity index (χ2v) is 4.99. The number of hydrogen-bond acceptors (Lipinski definition) is 3. The Hall–Kier alpha value is -0.120. The van der Waals surface area contributed by atoms with Crippen LogP contribution in [0.3, 0.4) is 0 Å². The van der Waals surface area contributed by atoms with E-state index in [0.29, 0.717) is 5.92 Å². The van der Waals surface area contributed by atoms with Crippen molar-refractivity contribution < 1.29 is 10.2 Å². The summed E-state index contributed by atoms with van der Waals surface area (Å²) in [4.78, 5) is 2.31. The summed E-state index contributed by atoms with van der Waals surface area (Å²) < 4.78 is 0. The van der Waals surface area contributed by atoms with Crippen LogP contribution in [0.15, 0.2) is 0 Å². The number of nitrogens with zero attached hydrogens (tertiary/aromatic N) is 1. The largest absolute Gasteiger partial charge is 0.395 e. The fraction of sp³-hybridized carbons (Fsp3) is 1.00. The van der Waals surface area contributed by atoms with Crippen LogP contribution in [0.1, 0.15) is 45.4 Å². The molecule has 0 aromatic carbocycles. The summed E-state index contributed by atoms with van der Waals surface area (Å²) >= 11 is 0. The van der Waals surface area contributed by atoms with E-state index in [-0.39, 0.29) is 12.7 Å². The molecule has 0 spiro atoms. The van der Waals surface area contributed by atoms with E-state index in [1.165, 1.54) is 25.7 Å². The van der Waals surface area contributed by atoms with Gasteiger partial charge in [0, 0.05) is 13.1 Å². The highest BCUT2D eigenvalue weighted by Crippen LogP contribution is 2.25. The van der Waals surface area contributed by atoms with Crippen LogP contribution >= 0.6 is 0 Å². The van der Waals surface area contributed by atoms with E-state index in [1.807, 2.05) is 0 Å². The number of unbranched alkanes of at least 4 members (excludes halogenated alkanes) is 1. The minimum absolute atomic E-state index is 0.114. The van der Waals surface area contributed by atoms with Gasteiger partial charge in [-0.15, -0.1) is 0 Å². The van der Waals surface area contributed by atoms with Crippen molar-refractivity contribution in [3.63, 3.8) is 0 Å². The predicted octanol–water partition coefficient (Wildman–Crippen LogP) is 1.63. The monoisotopic (exact) mass is 229 g/mol. The zero-order chi connectivity index (χ0) is 11.8. The van der Waals surface area contributed by atoms with Crippen molar-refractivity contribution in [2.75, 3.05) is 26.2 Å². The van der Waals surface area contributed by atoms with Gasteiger partial charge < -0.3 is 15.1 Å². The minimum Gasteiger partial charge on any atom is -0.395 e. The summed E-state index contributed by atoms with van der Waals surface area (Å²) in [6.45, 7) is 5.18. The van der Waals surface area contributed by atoms with Gasteiger partial charge in [0.1, 0.15) is 0 Å². The van der Waals surface area contributed by atoms with Gasteiger partial charge in [-0.2, -0.15) is 0 Å². The Balaban J connectivity index is 2.33. The Kier molecular flexibility index (Phi) is 7.01. The summed E-state index contributed by atoms with van der Waals surface area (Å²) in [6.07, 6.45) is 6.80. The topological polar surface area (TPSA) is 43.7 Å². The molecule has 1 fully saturated rings. The minimum atomic E-state index is -0.114. The maximum Gasteiger partial charge on any atom is 0.0580 e. The van der Waals surface area contributed by atoms with Crippen molar-refractivity contribution in [3.8, 4) is 0 Å². The van der Waals surface area contributed by atoms with Gasteiger partial charge in [-0.1, -0.05) is 26.2 Å². The molecule has 1 saturated carbocycles. The smallest absolute Gasteiger partial charge is 0.0580 e. The molecule has 3 nitrogen and oxygen atoms in total. The second-order valence-electron chi connectivity index (χ2n) is 4.99. The van der Waals surface area contributed by atoms with Crippen LogP contribution in [0.5, 0.6) is 0 Å². The van der Waals surface area contributed by atoms with Gasteiger partial charge in [-0.05, 0) is 31.7 Å². The maximum absolute atomic E-state index is 9.92. The first-order chi connectivity index (χ1) is 7.77. The number of hydrogen-bond donors (Lipinski definition) is 2. The normalized spacial score (nSPS) is 26.2. The highest BCUT2D eigenvalue weighted by molar-refractivity contribution is 4.77. The molecule has 2 N–H and O–H groups in total. The average Bonchev–Trinajstić information content (AvgIpc) is 2.29. The van der Waals surface area contributed by atoms with Gasteiger partial charge in [-0.25, -0.2) is 0 Å². The molecule has 0 heterocycles. The number of rotatable bonds is 7. The lowest BCUT2D eigenvalue weighted by Gasteiger charge is -2.32. The zero-order valence-corrected chi connectivity index (χ0v) is 10.6. The first-order valence-electron chi connectivity index (χ1n) is 6.79. The third-order valence-electron chi connectivity index (χ3n) is 3.61. The molecule has 0 aliphatic heterocycles. The van der Waals surface area contributed by atoms with Crippen molar-refractivity contribution in [1.29, 1.82) is 0 Å². The van der Waals surface area contributed by atoms with Gasteiger partial charge in [0.2, 0.25) is 0 Å². The predicted molar refractivity (Wildman–Crippen MR) is 66.4 cm³/mol. The maximum atomic E-state index is 9.92. The fourth-order valence-electron chi connectivity index (χ4n) is 2.55. The van der Waals surface area contributed by atoms with E-state index in [2.05, 4.69) is 11.8 Å². The van der Waals surface area contributed by atoms with Crippen LogP contribution in [-0.4, -0.2) is 47.5 Å². The first-order valence-corrected chi connectivity index (χ1v) is 6.79. The molecule has 96 valence electrons. The molecule has 2 atom stereocenters. The van der Waals surface area contributed by atoms with Crippen LogP contribution < -0.4 is 0 Å². The second kappa shape index (κ2) is 8.04. The Labute approximate surface area is 99.5 Å². The molecule has 0 amide bonds. The van der Waals surface area contributed by atoms with E-state index in [0.717, 1.165) is 32.5 Å². The van der Waals surface area contributed by atoms with Crippen LogP contribution in [0.4, 0.5) is 0 Å². The molecular weight excluding hydrogens is 202 g/mol. The van der Waals surface area contributed by atoms with Gasteiger partial charge in [0.15, 0.2) is 0 Å². The highest BCUT2D eigenvalue weighted by Gasteiger charge is 2.24. The Morgan fingerprint density at radius 3 is 2.56 bits per heavy atom. The molecule has 0 bridgehead atoms. The molecular formula is C13H27NO2. The average molecular weight is 229 g/mol. The van der Waals surface area contributed by atoms with Crippen molar-refractivity contribution in [2.45, 2.75) is 51.6 Å². The summed E-state index contributed by atoms with van der Waals surface area (Å²) in [5.41, 5.74) is 0. The molecule has 1 aliphatic carbocycles. The van der Waals surface area contributed by atoms with Gasteiger partial charge in [0.25, 0.3) is 0 Å². The first kappa shape index (κ1) is 13.9. The van der Waals surface area contributed by atoms with E-state index in [9.17, 15) is 5.11 Å². The van der Waals surface area contributed by atoms with Crippen LogP contribution in [0.2, 0.25) is 0 Å². The van der Waals surface area contributed by atoms with E-state index < -0.39 is 0 Å². The van der Waals surface area contributed by atoms with Crippen LogP contribution in [0, 0.1) is 5.92 Å². The quantitative estimate of drug-likeness (QED) is 0.697. The van der Waals surface area contributed by atoms with E-state index in [4.69, 9.17) is 5.11 Å². The van der Waals surface area contributed by atoms with Crippen molar-refractivity contribution in [2.24, 2.45) is 5.92 Å². The summed E-state index contributed by atoms with van der Waals surface area (Å²) in [5, 5.41) is 18.9. The van der Waals surface area contributed by atoms with Gasteiger partial charge in [-0.3, -0.25) is 0 Å². The SMILES string of the molecule is CCCCN(CCO)CC1CCCCC1O. The lowest BCUT2D eigenvalue weighted by molar-refractivity contribution is 0.0424. The Bertz CT molecular complexity index is 175. The molecule has 0 aromatic heterocycles. The van der Waals surface area contributed by atoms with Crippen LogP contribution in [0.25, 0.3) is 0 Å². The number of aliphatic hydroxyl groups excluding tert-OH is 2. The Morgan fingerprint density at radius 1 is 1.19 bits per heavy atom. The van der Waals surface area contributed by atoms with E-state index in [1.54, 1.807) is 0 Å².